The molecule has 2 aromatic heterocycles. The van der Waals surface area contributed by atoms with Gasteiger partial charge in [-0.25, -0.2) is 13.8 Å². The van der Waals surface area contributed by atoms with E-state index < -0.39 is 23.9 Å². The van der Waals surface area contributed by atoms with Crippen molar-refractivity contribution in [1.82, 2.24) is 19.7 Å². The summed E-state index contributed by atoms with van der Waals surface area (Å²) in [6.45, 7) is 1.83. The third-order valence-electron chi connectivity index (χ3n) is 7.72. The lowest BCUT2D eigenvalue weighted by molar-refractivity contribution is -0.143. The summed E-state index contributed by atoms with van der Waals surface area (Å²) < 4.78 is 32.0. The molecule has 0 aliphatic carbocycles. The van der Waals surface area contributed by atoms with Crippen molar-refractivity contribution >= 4 is 11.8 Å². The molecule has 2 atom stereocenters. The molecule has 1 fully saturated rings. The molecular weight excluding hydrogens is 488 g/mol. The fraction of sp³-hybridized carbons (Fsp3) is 0.483. The quantitative estimate of drug-likeness (QED) is 0.337. The predicted molar refractivity (Wildman–Crippen MR) is 141 cm³/mol. The number of carbonyl (C=O) groups is 1. The third-order valence-corrected chi connectivity index (χ3v) is 7.72. The maximum Gasteiger partial charge on any atom is 0.325 e. The smallest absolute Gasteiger partial charge is 0.325 e. The fourth-order valence-corrected chi connectivity index (χ4v) is 5.63. The van der Waals surface area contributed by atoms with Crippen LogP contribution in [0.25, 0.3) is 0 Å². The average Bonchev–Trinajstić information content (AvgIpc) is 3.58. The second-order valence-corrected chi connectivity index (χ2v) is 10.5. The van der Waals surface area contributed by atoms with Crippen LogP contribution < -0.4 is 5.32 Å². The van der Waals surface area contributed by atoms with E-state index in [9.17, 15) is 9.90 Å². The molecule has 0 bridgehead atoms. The number of pyridine rings is 1. The molecule has 0 radical (unpaired) electrons. The van der Waals surface area contributed by atoms with Crippen molar-refractivity contribution in [2.45, 2.75) is 63.5 Å². The molecule has 2 unspecified atom stereocenters. The molecule has 1 aromatic carbocycles. The predicted octanol–water partition coefficient (Wildman–Crippen LogP) is 5.18. The van der Waals surface area contributed by atoms with Crippen LogP contribution in [0.1, 0.15) is 60.5 Å². The average molecular weight is 524 g/mol. The number of likely N-dealkylation sites (tertiary alicyclic amines) is 1. The summed E-state index contributed by atoms with van der Waals surface area (Å²) in [5.41, 5.74) is 3.73. The van der Waals surface area contributed by atoms with Crippen LogP contribution in [-0.4, -0.2) is 56.3 Å². The van der Waals surface area contributed by atoms with Gasteiger partial charge in [-0.3, -0.25) is 14.4 Å². The Balaban J connectivity index is 1.13. The molecule has 3 aromatic rings. The number of unbranched alkanes of at least 4 members (excludes halogenated alkanes) is 1. The summed E-state index contributed by atoms with van der Waals surface area (Å²) in [6.07, 6.45) is 7.20. The molecule has 2 aliphatic heterocycles. The lowest BCUT2D eigenvalue weighted by Gasteiger charge is -2.26. The number of aliphatic carboxylic acids is 1. The number of hydrogen-bond acceptors (Lipinski definition) is 5. The van der Waals surface area contributed by atoms with Crippen LogP contribution in [0.3, 0.4) is 0 Å². The van der Waals surface area contributed by atoms with Crippen LogP contribution in [0, 0.1) is 5.92 Å². The van der Waals surface area contributed by atoms with Crippen LogP contribution in [0.2, 0.25) is 0 Å². The van der Waals surface area contributed by atoms with Gasteiger partial charge in [-0.2, -0.15) is 5.10 Å². The Morgan fingerprint density at radius 1 is 1.18 bits per heavy atom. The summed E-state index contributed by atoms with van der Waals surface area (Å²) in [7, 11) is 0. The summed E-state index contributed by atoms with van der Waals surface area (Å²) in [4.78, 5) is 18.5. The van der Waals surface area contributed by atoms with E-state index in [1.807, 2.05) is 36.4 Å². The lowest BCUT2D eigenvalue weighted by atomic mass is 9.95. The highest BCUT2D eigenvalue weighted by molar-refractivity contribution is 5.75. The van der Waals surface area contributed by atoms with Crippen molar-refractivity contribution in [3.05, 3.63) is 77.2 Å². The van der Waals surface area contributed by atoms with Crippen molar-refractivity contribution in [2.24, 2.45) is 5.92 Å². The van der Waals surface area contributed by atoms with Crippen LogP contribution in [-0.2, 0) is 24.2 Å². The summed E-state index contributed by atoms with van der Waals surface area (Å²) in [5.74, 6) is -3.79. The molecule has 7 nitrogen and oxygen atoms in total. The number of benzene rings is 1. The number of aromatic nitrogens is 3. The van der Waals surface area contributed by atoms with E-state index in [2.05, 4.69) is 21.5 Å². The van der Waals surface area contributed by atoms with E-state index in [1.165, 1.54) is 11.8 Å². The zero-order chi connectivity index (χ0) is 26.5. The first kappa shape index (κ1) is 26.3. The van der Waals surface area contributed by atoms with Crippen molar-refractivity contribution < 1.29 is 18.7 Å². The Morgan fingerprint density at radius 3 is 2.84 bits per heavy atom. The van der Waals surface area contributed by atoms with E-state index in [1.54, 1.807) is 15.8 Å². The lowest BCUT2D eigenvalue weighted by Crippen LogP contribution is -2.35. The van der Waals surface area contributed by atoms with Crippen LogP contribution in [0.4, 0.5) is 14.6 Å². The van der Waals surface area contributed by atoms with Gasteiger partial charge in [0, 0.05) is 42.9 Å². The maximum absolute atomic E-state index is 15.2. The van der Waals surface area contributed by atoms with E-state index in [4.69, 9.17) is 0 Å². The zero-order valence-corrected chi connectivity index (χ0v) is 21.5. The molecule has 9 heteroatoms. The van der Waals surface area contributed by atoms with Gasteiger partial charge in [0.2, 0.25) is 0 Å². The first-order valence-electron chi connectivity index (χ1n) is 13.5. The van der Waals surface area contributed by atoms with E-state index in [0.717, 1.165) is 36.5 Å². The van der Waals surface area contributed by atoms with Gasteiger partial charge >= 0.3 is 5.97 Å². The van der Waals surface area contributed by atoms with Crippen LogP contribution in [0.15, 0.2) is 54.9 Å². The Bertz CT molecular complexity index is 1230. The largest absolute Gasteiger partial charge is 0.480 e. The normalized spacial score (nSPS) is 18.6. The number of anilines is 1. The minimum Gasteiger partial charge on any atom is -0.480 e. The first-order chi connectivity index (χ1) is 18.4. The molecule has 1 saturated heterocycles. The summed E-state index contributed by atoms with van der Waals surface area (Å²) >= 11 is 0. The Morgan fingerprint density at radius 2 is 2.03 bits per heavy atom. The Labute approximate surface area is 221 Å². The van der Waals surface area contributed by atoms with Crippen molar-refractivity contribution in [3.8, 4) is 0 Å². The Hall–Kier alpha value is -3.33. The molecule has 0 amide bonds. The van der Waals surface area contributed by atoms with Gasteiger partial charge in [0.1, 0.15) is 11.9 Å². The van der Waals surface area contributed by atoms with E-state index >= 15 is 8.78 Å². The molecular formula is C29H35F2N5O2. The zero-order valence-electron chi connectivity index (χ0n) is 21.5. The van der Waals surface area contributed by atoms with Gasteiger partial charge in [0.25, 0.3) is 5.92 Å². The van der Waals surface area contributed by atoms with Gasteiger partial charge in [0.15, 0.2) is 0 Å². The molecule has 202 valence electrons. The number of aryl methyl sites for hydroxylation is 2. The van der Waals surface area contributed by atoms with Gasteiger partial charge in [-0.05, 0) is 62.3 Å². The topological polar surface area (TPSA) is 83.3 Å². The van der Waals surface area contributed by atoms with Crippen molar-refractivity contribution in [1.29, 1.82) is 0 Å². The molecule has 5 rings (SSSR count). The second kappa shape index (κ2) is 11.6. The minimum atomic E-state index is -2.83. The van der Waals surface area contributed by atoms with Crippen LogP contribution in [0.5, 0.6) is 0 Å². The molecule has 0 spiro atoms. The Kier molecular flexibility index (Phi) is 8.02. The number of nitrogens with zero attached hydrogens (tertiary/aromatic N) is 4. The summed E-state index contributed by atoms with van der Waals surface area (Å²) in [6, 6.07) is 12.9. The second-order valence-electron chi connectivity index (χ2n) is 10.5. The fourth-order valence-electron chi connectivity index (χ4n) is 5.63. The molecule has 4 heterocycles. The highest BCUT2D eigenvalue weighted by Crippen LogP contribution is 2.39. The van der Waals surface area contributed by atoms with Crippen molar-refractivity contribution in [3.63, 3.8) is 0 Å². The maximum atomic E-state index is 15.2. The standard InChI is InChI=1S/C29H35F2N5O2/c30-29(31,14-5-4-10-25-12-11-22-9-6-15-32-27(22)34-25)24-13-16-35(20-24)26(28(37)38)23-17-33-36(19-23)18-21-7-2-1-3-8-21/h1-3,7-8,11-12,17,19,24,26H,4-6,9-10,13-16,18,20H2,(H,32,34)(H,37,38). The van der Waals surface area contributed by atoms with Gasteiger partial charge in [-0.15, -0.1) is 0 Å². The van der Waals surface area contributed by atoms with Gasteiger partial charge < -0.3 is 10.4 Å². The van der Waals surface area contributed by atoms with Crippen LogP contribution >= 0.6 is 0 Å². The minimum absolute atomic E-state index is 0.0614. The monoisotopic (exact) mass is 523 g/mol. The van der Waals surface area contributed by atoms with E-state index in [-0.39, 0.29) is 19.4 Å². The molecule has 2 N–H and O–H groups in total. The number of carboxylic acids is 1. The number of rotatable bonds is 11. The highest BCUT2D eigenvalue weighted by atomic mass is 19.3. The first-order valence-corrected chi connectivity index (χ1v) is 13.5. The SMILES string of the molecule is O=C(O)C(c1cnn(Cc2ccccc2)c1)N1CCC(C(F)(F)CCCCc2ccc3c(n2)NCCC3)C1. The molecule has 2 aliphatic rings. The molecule has 38 heavy (non-hydrogen) atoms. The summed E-state index contributed by atoms with van der Waals surface area (Å²) in [5, 5.41) is 17.6. The van der Waals surface area contributed by atoms with Gasteiger partial charge in [0.05, 0.1) is 12.7 Å². The highest BCUT2D eigenvalue weighted by Gasteiger charge is 2.45. The van der Waals surface area contributed by atoms with Crippen molar-refractivity contribution in [2.75, 3.05) is 25.0 Å². The van der Waals surface area contributed by atoms with Gasteiger partial charge in [-0.1, -0.05) is 36.4 Å². The number of carboxylic acid groups (broad SMARTS) is 1. The number of halogens is 2. The van der Waals surface area contributed by atoms with E-state index in [0.29, 0.717) is 37.9 Å². The number of fused-ring (bicyclic) bond motifs is 1. The number of hydrogen-bond donors (Lipinski definition) is 2. The number of alkyl halides is 2. The molecule has 0 saturated carbocycles. The number of nitrogens with one attached hydrogen (secondary N) is 1. The third kappa shape index (κ3) is 6.20.